The Balaban J connectivity index is 1.99. The molecule has 82 valence electrons. The Kier molecular flexibility index (Phi) is 4.94. The molecule has 1 saturated carbocycles. The fourth-order valence-electron chi connectivity index (χ4n) is 1.87. The van der Waals surface area contributed by atoms with E-state index in [1.807, 2.05) is 0 Å². The Labute approximate surface area is 85.5 Å². The van der Waals surface area contributed by atoms with E-state index < -0.39 is 5.97 Å². The highest BCUT2D eigenvalue weighted by atomic mass is 16.5. The van der Waals surface area contributed by atoms with Gasteiger partial charge in [0.2, 0.25) is 0 Å². The van der Waals surface area contributed by atoms with Gasteiger partial charge in [-0.2, -0.15) is 0 Å². The van der Waals surface area contributed by atoms with Crippen LogP contribution in [-0.4, -0.2) is 23.8 Å². The van der Waals surface area contributed by atoms with Gasteiger partial charge in [-0.25, -0.2) is 0 Å². The molecule has 0 spiro atoms. The molecule has 1 rings (SSSR count). The number of carbonyl (C=O) groups is 1. The van der Waals surface area contributed by atoms with Gasteiger partial charge in [-0.05, 0) is 38.0 Å². The number of ether oxygens (including phenoxy) is 1. The standard InChI is InChI=1S/C11H20O3/c1-9-4-6-10(7-5-9)14-8-2-3-11(12)13/h9-10H,2-8H2,1H3,(H,12,13). The van der Waals surface area contributed by atoms with Crippen molar-refractivity contribution in [3.05, 3.63) is 0 Å². The first-order valence-corrected chi connectivity index (χ1v) is 5.52. The van der Waals surface area contributed by atoms with Gasteiger partial charge < -0.3 is 9.84 Å². The molecule has 1 aliphatic rings. The Bertz CT molecular complexity index is 171. The molecular weight excluding hydrogens is 180 g/mol. The topological polar surface area (TPSA) is 46.5 Å². The van der Waals surface area contributed by atoms with E-state index in [1.165, 1.54) is 12.8 Å². The van der Waals surface area contributed by atoms with Crippen LogP contribution in [0.25, 0.3) is 0 Å². The van der Waals surface area contributed by atoms with Crippen LogP contribution in [-0.2, 0) is 9.53 Å². The van der Waals surface area contributed by atoms with Crippen molar-refractivity contribution in [1.29, 1.82) is 0 Å². The van der Waals surface area contributed by atoms with Crippen molar-refractivity contribution < 1.29 is 14.6 Å². The van der Waals surface area contributed by atoms with E-state index >= 15 is 0 Å². The zero-order valence-corrected chi connectivity index (χ0v) is 8.87. The average molecular weight is 200 g/mol. The Morgan fingerprint density at radius 1 is 1.36 bits per heavy atom. The summed E-state index contributed by atoms with van der Waals surface area (Å²) >= 11 is 0. The summed E-state index contributed by atoms with van der Waals surface area (Å²) < 4.78 is 5.62. The lowest BCUT2D eigenvalue weighted by Crippen LogP contribution is -2.21. The second-order valence-corrected chi connectivity index (χ2v) is 4.25. The first-order valence-electron chi connectivity index (χ1n) is 5.52. The van der Waals surface area contributed by atoms with Crippen molar-refractivity contribution in [1.82, 2.24) is 0 Å². The van der Waals surface area contributed by atoms with E-state index in [-0.39, 0.29) is 6.42 Å². The molecule has 0 aromatic carbocycles. The molecule has 0 heterocycles. The third kappa shape index (κ3) is 4.61. The SMILES string of the molecule is CC1CCC(OCCCC(=O)O)CC1. The van der Waals surface area contributed by atoms with Gasteiger partial charge in [0.15, 0.2) is 0 Å². The number of hydrogen-bond donors (Lipinski definition) is 1. The molecule has 0 saturated heterocycles. The summed E-state index contributed by atoms with van der Waals surface area (Å²) in [7, 11) is 0. The van der Waals surface area contributed by atoms with Crippen molar-refractivity contribution in [2.24, 2.45) is 5.92 Å². The molecule has 0 aromatic rings. The van der Waals surface area contributed by atoms with Gasteiger partial charge in [0, 0.05) is 13.0 Å². The van der Waals surface area contributed by atoms with Gasteiger partial charge in [0.25, 0.3) is 0 Å². The smallest absolute Gasteiger partial charge is 0.303 e. The molecule has 14 heavy (non-hydrogen) atoms. The Morgan fingerprint density at radius 2 is 2.00 bits per heavy atom. The minimum absolute atomic E-state index is 0.225. The van der Waals surface area contributed by atoms with Crippen LogP contribution in [0.1, 0.15) is 45.4 Å². The summed E-state index contributed by atoms with van der Waals surface area (Å²) in [5.74, 6) is 0.111. The largest absolute Gasteiger partial charge is 0.481 e. The third-order valence-electron chi connectivity index (χ3n) is 2.85. The molecule has 1 N–H and O–H groups in total. The number of rotatable bonds is 5. The maximum Gasteiger partial charge on any atom is 0.303 e. The summed E-state index contributed by atoms with van der Waals surface area (Å²) in [6, 6.07) is 0. The summed E-state index contributed by atoms with van der Waals surface area (Å²) in [5.41, 5.74) is 0. The molecule has 3 heteroatoms. The number of aliphatic carboxylic acids is 1. The number of carboxylic acid groups (broad SMARTS) is 1. The zero-order valence-electron chi connectivity index (χ0n) is 8.87. The predicted molar refractivity (Wildman–Crippen MR) is 54.2 cm³/mol. The summed E-state index contributed by atoms with van der Waals surface area (Å²) in [5, 5.41) is 8.43. The summed E-state index contributed by atoms with van der Waals surface area (Å²) in [6.45, 7) is 2.88. The first-order chi connectivity index (χ1) is 6.68. The lowest BCUT2D eigenvalue weighted by molar-refractivity contribution is -0.137. The summed E-state index contributed by atoms with van der Waals surface area (Å²) in [6.07, 6.45) is 6.06. The molecule has 1 aliphatic carbocycles. The van der Waals surface area contributed by atoms with Crippen molar-refractivity contribution >= 4 is 5.97 Å². The highest BCUT2D eigenvalue weighted by Crippen LogP contribution is 2.25. The average Bonchev–Trinajstić information content (AvgIpc) is 2.15. The third-order valence-corrected chi connectivity index (χ3v) is 2.85. The van der Waals surface area contributed by atoms with E-state index in [1.54, 1.807) is 0 Å². The lowest BCUT2D eigenvalue weighted by atomic mass is 9.89. The molecule has 0 unspecified atom stereocenters. The van der Waals surface area contributed by atoms with Gasteiger partial charge in [0.05, 0.1) is 6.10 Å². The maximum absolute atomic E-state index is 10.2. The number of hydrogen-bond acceptors (Lipinski definition) is 2. The van der Waals surface area contributed by atoms with Gasteiger partial charge in [-0.15, -0.1) is 0 Å². The fourth-order valence-corrected chi connectivity index (χ4v) is 1.87. The minimum Gasteiger partial charge on any atom is -0.481 e. The lowest BCUT2D eigenvalue weighted by Gasteiger charge is -2.26. The summed E-state index contributed by atoms with van der Waals surface area (Å²) in [4.78, 5) is 10.2. The molecule has 0 radical (unpaired) electrons. The molecule has 1 fully saturated rings. The monoisotopic (exact) mass is 200 g/mol. The fraction of sp³-hybridized carbons (Fsp3) is 0.909. The highest BCUT2D eigenvalue weighted by Gasteiger charge is 2.18. The zero-order chi connectivity index (χ0) is 10.4. The van der Waals surface area contributed by atoms with E-state index in [0.29, 0.717) is 19.1 Å². The predicted octanol–water partition coefficient (Wildman–Crippen LogP) is 2.45. The van der Waals surface area contributed by atoms with Gasteiger partial charge in [0.1, 0.15) is 0 Å². The van der Waals surface area contributed by atoms with E-state index in [4.69, 9.17) is 9.84 Å². The van der Waals surface area contributed by atoms with Gasteiger partial charge in [-0.3, -0.25) is 4.79 Å². The minimum atomic E-state index is -0.731. The van der Waals surface area contributed by atoms with Crippen LogP contribution in [0.2, 0.25) is 0 Å². The van der Waals surface area contributed by atoms with Crippen LogP contribution >= 0.6 is 0 Å². The Morgan fingerprint density at radius 3 is 2.57 bits per heavy atom. The van der Waals surface area contributed by atoms with E-state index in [0.717, 1.165) is 18.8 Å². The Hall–Kier alpha value is -0.570. The molecule has 3 nitrogen and oxygen atoms in total. The maximum atomic E-state index is 10.2. The molecule has 0 amide bonds. The van der Waals surface area contributed by atoms with Crippen molar-refractivity contribution in [2.75, 3.05) is 6.61 Å². The van der Waals surface area contributed by atoms with Crippen LogP contribution in [0.5, 0.6) is 0 Å². The molecule has 0 aliphatic heterocycles. The molecule has 0 aromatic heterocycles. The van der Waals surface area contributed by atoms with Crippen LogP contribution in [0.15, 0.2) is 0 Å². The second kappa shape index (κ2) is 6.02. The van der Waals surface area contributed by atoms with Crippen molar-refractivity contribution in [2.45, 2.75) is 51.6 Å². The van der Waals surface area contributed by atoms with E-state index in [2.05, 4.69) is 6.92 Å². The van der Waals surface area contributed by atoms with Crippen LogP contribution in [0.4, 0.5) is 0 Å². The quantitative estimate of drug-likeness (QED) is 0.693. The molecule has 0 bridgehead atoms. The number of carboxylic acids is 1. The van der Waals surface area contributed by atoms with Crippen LogP contribution in [0, 0.1) is 5.92 Å². The van der Waals surface area contributed by atoms with E-state index in [9.17, 15) is 4.79 Å². The van der Waals surface area contributed by atoms with Gasteiger partial charge >= 0.3 is 5.97 Å². The van der Waals surface area contributed by atoms with Gasteiger partial charge in [-0.1, -0.05) is 6.92 Å². The molecular formula is C11H20O3. The van der Waals surface area contributed by atoms with Crippen LogP contribution in [0.3, 0.4) is 0 Å². The normalized spacial score (nSPS) is 27.5. The highest BCUT2D eigenvalue weighted by molar-refractivity contribution is 5.66. The second-order valence-electron chi connectivity index (χ2n) is 4.25. The van der Waals surface area contributed by atoms with Crippen molar-refractivity contribution in [3.8, 4) is 0 Å². The van der Waals surface area contributed by atoms with Crippen molar-refractivity contribution in [3.63, 3.8) is 0 Å². The first kappa shape index (κ1) is 11.5. The molecule has 0 atom stereocenters. The van der Waals surface area contributed by atoms with Crippen LogP contribution < -0.4 is 0 Å².